The van der Waals surface area contributed by atoms with E-state index >= 15 is 0 Å². The van der Waals surface area contributed by atoms with Crippen LogP contribution in [0.1, 0.15) is 0 Å². The van der Waals surface area contributed by atoms with E-state index in [4.69, 9.17) is 0 Å². The minimum atomic E-state index is 1.15. The molecule has 108 heavy (non-hydrogen) atoms. The first-order chi connectivity index (χ1) is 53.6. The molecule has 6 heterocycles. The molecule has 0 unspecified atom stereocenters. The van der Waals surface area contributed by atoms with Crippen molar-refractivity contribution in [2.45, 2.75) is 0 Å². The molecule has 23 rings (SSSR count). The smallest absolute Gasteiger partial charge is 0.0641 e. The van der Waals surface area contributed by atoms with Crippen LogP contribution in [0.3, 0.4) is 0 Å². The molecule has 6 heteroatoms. The van der Waals surface area contributed by atoms with Gasteiger partial charge in [-0.2, -0.15) is 0 Å². The van der Waals surface area contributed by atoms with Crippen molar-refractivity contribution in [3.05, 3.63) is 400 Å². The third-order valence-corrected chi connectivity index (χ3v) is 22.4. The molecule has 0 saturated heterocycles. The summed E-state index contributed by atoms with van der Waals surface area (Å²) in [4.78, 5) is 0. The van der Waals surface area contributed by atoms with Crippen LogP contribution in [0, 0.1) is 0 Å². The second-order valence-electron chi connectivity index (χ2n) is 28.3. The van der Waals surface area contributed by atoms with Crippen molar-refractivity contribution in [3.63, 3.8) is 0 Å². The number of para-hydroxylation sites is 9. The number of hydrogen-bond acceptors (Lipinski definition) is 0. The van der Waals surface area contributed by atoms with Gasteiger partial charge in [0.2, 0.25) is 0 Å². The largest absolute Gasteiger partial charge is 0.309 e. The molecule has 0 spiro atoms. The highest BCUT2D eigenvalue weighted by atomic mass is 15.0. The van der Waals surface area contributed by atoms with Gasteiger partial charge in [0.25, 0.3) is 0 Å². The quantitative estimate of drug-likeness (QED) is 0.138. The fourth-order valence-corrected chi connectivity index (χ4v) is 17.8. The van der Waals surface area contributed by atoms with E-state index in [9.17, 15) is 0 Å². The van der Waals surface area contributed by atoms with Crippen LogP contribution in [0.4, 0.5) is 0 Å². The van der Waals surface area contributed by atoms with Crippen molar-refractivity contribution in [2.75, 3.05) is 0 Å². The Labute approximate surface area is 622 Å². The highest BCUT2D eigenvalue weighted by molar-refractivity contribution is 6.28. The average molecular weight is 1380 g/mol. The van der Waals surface area contributed by atoms with E-state index in [1.54, 1.807) is 0 Å². The van der Waals surface area contributed by atoms with Crippen LogP contribution in [0.15, 0.2) is 400 Å². The van der Waals surface area contributed by atoms with Crippen LogP contribution < -0.4 is 0 Å². The summed E-state index contributed by atoms with van der Waals surface area (Å²) in [6, 6.07) is 146. The van der Waals surface area contributed by atoms with Crippen molar-refractivity contribution >= 4 is 131 Å². The fourth-order valence-electron chi connectivity index (χ4n) is 17.8. The van der Waals surface area contributed by atoms with E-state index in [-0.39, 0.29) is 0 Å². The Morgan fingerprint density at radius 2 is 0.380 bits per heavy atom. The predicted molar refractivity (Wildman–Crippen MR) is 455 cm³/mol. The molecular formula is C102H66N6. The summed E-state index contributed by atoms with van der Waals surface area (Å²) in [5, 5.41) is 15.0. The summed E-state index contributed by atoms with van der Waals surface area (Å²) in [5.41, 5.74) is 28.7. The van der Waals surface area contributed by atoms with Gasteiger partial charge in [0, 0.05) is 98.8 Å². The second kappa shape index (κ2) is 24.6. The summed E-state index contributed by atoms with van der Waals surface area (Å²) in [7, 11) is 0. The standard InChI is InChI=1S/C54H35N3.C48H31N3/c1-4-15-36(16-5-1)37-17-14-22-42(33-37)56-48-25-12-10-23-43(48)46-34-38(27-30-50(46)56)39-28-31-51-47(35-39)44-29-32-52-53(54(44)57(51)41-20-8-3-9-21-41)45-24-11-13-26-49(45)55(52)40-18-6-2-7-19-40;1-4-14-34(15-5-1)49-43-23-13-11-21-40(43)47-45(49)29-27-39-41-30-32(25-28-44(41)51(48(39)47)36-18-8-3-9-19-36)33-24-26-38-37-20-10-12-22-42(37)50(46(38)31-33)35-16-6-2-7-17-35/h1-35H;1-31H. The molecule has 0 amide bonds. The Bertz CT molecular complexity index is 7500. The maximum Gasteiger partial charge on any atom is 0.0641 e. The lowest BCUT2D eigenvalue weighted by atomic mass is 10.00. The van der Waals surface area contributed by atoms with Crippen molar-refractivity contribution in [2.24, 2.45) is 0 Å². The van der Waals surface area contributed by atoms with Gasteiger partial charge in [0.1, 0.15) is 0 Å². The molecule has 0 N–H and O–H groups in total. The SMILES string of the molecule is c1ccc(-c2cccc(-n3c4ccccc4c4cc(-c5ccc6c(c5)c5ccc7c(c8ccccc8n7-c7ccccc7)c5n6-c5ccccc5)ccc43)c2)cc1.c1ccc(-n2c3ccccc3c3ccc(-c4ccc5c(c4)c4ccc6c(c7ccccc7n6-c6ccccc6)c4n5-c4ccccc4)cc32)cc1. The molecule has 23 aromatic rings. The summed E-state index contributed by atoms with van der Waals surface area (Å²) in [5.74, 6) is 0. The first-order valence-electron chi connectivity index (χ1n) is 37.1. The molecule has 17 aromatic carbocycles. The van der Waals surface area contributed by atoms with Gasteiger partial charge in [0.05, 0.1) is 66.2 Å². The first kappa shape index (κ1) is 61.1. The lowest BCUT2D eigenvalue weighted by molar-refractivity contribution is 1.17. The van der Waals surface area contributed by atoms with E-state index in [2.05, 4.69) is 428 Å². The Kier molecular flexibility index (Phi) is 13.9. The molecule has 0 fully saturated rings. The third-order valence-electron chi connectivity index (χ3n) is 22.4. The summed E-state index contributed by atoms with van der Waals surface area (Å²) in [6.07, 6.45) is 0. The van der Waals surface area contributed by atoms with E-state index in [0.29, 0.717) is 0 Å². The molecule has 0 saturated carbocycles. The number of benzene rings is 17. The van der Waals surface area contributed by atoms with Crippen molar-refractivity contribution in [1.82, 2.24) is 27.4 Å². The summed E-state index contributed by atoms with van der Waals surface area (Å²) < 4.78 is 14.6. The van der Waals surface area contributed by atoms with E-state index in [0.717, 1.165) is 28.4 Å². The minimum Gasteiger partial charge on any atom is -0.309 e. The van der Waals surface area contributed by atoms with E-state index in [1.807, 2.05) is 0 Å². The average Bonchev–Trinajstić information content (AvgIpc) is 1.56. The zero-order valence-corrected chi connectivity index (χ0v) is 58.8. The van der Waals surface area contributed by atoms with Gasteiger partial charge in [-0.3, -0.25) is 0 Å². The zero-order chi connectivity index (χ0) is 70.9. The normalized spacial score (nSPS) is 11.9. The molecule has 0 radical (unpaired) electrons. The summed E-state index contributed by atoms with van der Waals surface area (Å²) in [6.45, 7) is 0. The maximum absolute atomic E-state index is 2.47. The molecule has 0 aliphatic rings. The zero-order valence-electron chi connectivity index (χ0n) is 58.8. The minimum absolute atomic E-state index is 1.15. The lowest BCUT2D eigenvalue weighted by Gasteiger charge is -2.11. The number of aromatic nitrogens is 6. The molecule has 504 valence electrons. The van der Waals surface area contributed by atoms with E-state index < -0.39 is 0 Å². The fraction of sp³-hybridized carbons (Fsp3) is 0. The number of rotatable bonds is 9. The first-order valence-corrected chi connectivity index (χ1v) is 37.1. The molecule has 6 nitrogen and oxygen atoms in total. The Hall–Kier alpha value is -14.5. The van der Waals surface area contributed by atoms with Crippen LogP contribution >= 0.6 is 0 Å². The number of hydrogen-bond donors (Lipinski definition) is 0. The van der Waals surface area contributed by atoms with Crippen LogP contribution in [-0.4, -0.2) is 27.4 Å². The third kappa shape index (κ3) is 9.47. The summed E-state index contributed by atoms with van der Waals surface area (Å²) >= 11 is 0. The second-order valence-corrected chi connectivity index (χ2v) is 28.3. The molecule has 6 aromatic heterocycles. The van der Waals surface area contributed by atoms with Gasteiger partial charge >= 0.3 is 0 Å². The van der Waals surface area contributed by atoms with Gasteiger partial charge in [0.15, 0.2) is 0 Å². The highest BCUT2D eigenvalue weighted by Crippen LogP contribution is 2.47. The van der Waals surface area contributed by atoms with Crippen LogP contribution in [0.5, 0.6) is 0 Å². The Balaban J connectivity index is 0.000000135. The highest BCUT2D eigenvalue weighted by Gasteiger charge is 2.25. The Morgan fingerprint density at radius 3 is 0.824 bits per heavy atom. The van der Waals surface area contributed by atoms with Crippen molar-refractivity contribution in [3.8, 4) is 67.5 Å². The van der Waals surface area contributed by atoms with Crippen LogP contribution in [-0.2, 0) is 0 Å². The van der Waals surface area contributed by atoms with Crippen molar-refractivity contribution in [1.29, 1.82) is 0 Å². The van der Waals surface area contributed by atoms with Gasteiger partial charge in [-0.05, 0) is 185 Å². The van der Waals surface area contributed by atoms with Gasteiger partial charge < -0.3 is 27.4 Å². The molecule has 0 aliphatic heterocycles. The molecule has 0 atom stereocenters. The monoisotopic (exact) mass is 1370 g/mol. The predicted octanol–water partition coefficient (Wildman–Crippen LogP) is 27.0. The Morgan fingerprint density at radius 1 is 0.120 bits per heavy atom. The van der Waals surface area contributed by atoms with Gasteiger partial charge in [-0.25, -0.2) is 0 Å². The van der Waals surface area contributed by atoms with Crippen molar-refractivity contribution < 1.29 is 0 Å². The molecule has 0 aliphatic carbocycles. The molecule has 0 bridgehead atoms. The number of nitrogens with zero attached hydrogens (tertiary/aromatic N) is 6. The maximum atomic E-state index is 2.47. The molecular weight excluding hydrogens is 1310 g/mol. The van der Waals surface area contributed by atoms with E-state index in [1.165, 1.54) is 170 Å². The van der Waals surface area contributed by atoms with Gasteiger partial charge in [-0.1, -0.05) is 249 Å². The van der Waals surface area contributed by atoms with Crippen LogP contribution in [0.25, 0.3) is 198 Å². The van der Waals surface area contributed by atoms with Gasteiger partial charge in [-0.15, -0.1) is 0 Å². The van der Waals surface area contributed by atoms with Crippen LogP contribution in [0.2, 0.25) is 0 Å². The topological polar surface area (TPSA) is 29.6 Å². The lowest BCUT2D eigenvalue weighted by Crippen LogP contribution is -1.95. The number of fused-ring (bicyclic) bond motifs is 20.